The number of benzene rings is 1. The number of guanidine groups is 2. The van der Waals surface area contributed by atoms with Gasteiger partial charge in [0.1, 0.15) is 12.3 Å². The largest absolute Gasteiger partial charge is 0.517 e. The van der Waals surface area contributed by atoms with Crippen molar-refractivity contribution in [3.63, 3.8) is 0 Å². The smallest absolute Gasteiger partial charge is 0.497 e. The molecule has 0 saturated heterocycles. The van der Waals surface area contributed by atoms with Gasteiger partial charge in [0.25, 0.3) is 5.96 Å². The normalized spacial score (nSPS) is 11.6. The summed E-state index contributed by atoms with van der Waals surface area (Å²) in [6.07, 6.45) is 2.79. The first-order chi connectivity index (χ1) is 9.60. The molecule has 0 fully saturated rings. The lowest BCUT2D eigenvalue weighted by molar-refractivity contribution is -0.522. The molecule has 1 heterocycles. The number of H-pyrrole nitrogens is 1. The van der Waals surface area contributed by atoms with Crippen LogP contribution < -0.4 is 31.9 Å². The van der Waals surface area contributed by atoms with Gasteiger partial charge in [-0.25, -0.2) is 5.73 Å². The maximum atomic E-state index is 5.66. The Morgan fingerprint density at radius 2 is 2.10 bits per heavy atom. The molecule has 0 spiro atoms. The van der Waals surface area contributed by atoms with Gasteiger partial charge in [-0.2, -0.15) is 4.99 Å². The van der Waals surface area contributed by atoms with Gasteiger partial charge in [0.05, 0.1) is 7.11 Å². The summed E-state index contributed by atoms with van der Waals surface area (Å²) in [6.45, 7) is 0.663. The zero-order valence-corrected chi connectivity index (χ0v) is 11.4. The Morgan fingerprint density at radius 1 is 1.30 bits per heavy atom. The second kappa shape index (κ2) is 5.96. The number of ether oxygens (including phenoxy) is 1. The van der Waals surface area contributed by atoms with Crippen molar-refractivity contribution in [2.75, 3.05) is 13.7 Å². The molecule has 0 aliphatic rings. The van der Waals surface area contributed by atoms with Crippen molar-refractivity contribution in [2.45, 2.75) is 6.42 Å². The molecule has 2 aromatic rings. The third-order valence-electron chi connectivity index (χ3n) is 2.96. The molecule has 2 rings (SSSR count). The Bertz CT molecular complexity index is 654. The fourth-order valence-electron chi connectivity index (χ4n) is 2.02. The molecule has 7 nitrogen and oxygen atoms in total. The second-order valence-electron chi connectivity index (χ2n) is 4.40. The molecule has 20 heavy (non-hydrogen) atoms. The van der Waals surface area contributed by atoms with E-state index in [1.807, 2.05) is 24.4 Å². The lowest BCUT2D eigenvalue weighted by Gasteiger charge is -2.00. The van der Waals surface area contributed by atoms with E-state index in [0.717, 1.165) is 23.1 Å². The highest BCUT2D eigenvalue weighted by molar-refractivity contribution is 5.84. The molecule has 0 bridgehead atoms. The minimum absolute atomic E-state index is 0.0619. The molecule has 1 aromatic carbocycles. The Balaban J connectivity index is 2.12. The number of nitrogens with one attached hydrogen (secondary N) is 3. The first kappa shape index (κ1) is 13.7. The summed E-state index contributed by atoms with van der Waals surface area (Å²) in [4.78, 5) is 8.84. The summed E-state index contributed by atoms with van der Waals surface area (Å²) < 4.78 is 5.24. The molecule has 0 amide bonds. The lowest BCUT2D eigenvalue weighted by atomic mass is 10.1. The summed E-state index contributed by atoms with van der Waals surface area (Å²) in [5.41, 5.74) is 18.5. The number of methoxy groups -OCH3 is 1. The van der Waals surface area contributed by atoms with Crippen molar-refractivity contribution >= 4 is 22.8 Å². The molecule has 1 aromatic heterocycles. The van der Waals surface area contributed by atoms with Crippen LogP contribution in [0.15, 0.2) is 24.4 Å². The van der Waals surface area contributed by atoms with E-state index >= 15 is 0 Å². The maximum absolute atomic E-state index is 5.66. The summed E-state index contributed by atoms with van der Waals surface area (Å²) in [5.74, 6) is 1.24. The van der Waals surface area contributed by atoms with Crippen LogP contribution >= 0.6 is 0 Å². The molecule has 0 radical (unpaired) electrons. The van der Waals surface area contributed by atoms with Gasteiger partial charge in [-0.05, 0) is 23.8 Å². The zero-order valence-electron chi connectivity index (χ0n) is 11.4. The van der Waals surface area contributed by atoms with Crippen LogP contribution in [0.4, 0.5) is 0 Å². The van der Waals surface area contributed by atoms with E-state index < -0.39 is 0 Å². The van der Waals surface area contributed by atoms with Crippen LogP contribution in [0.5, 0.6) is 5.75 Å². The van der Waals surface area contributed by atoms with E-state index in [0.29, 0.717) is 12.5 Å². The van der Waals surface area contributed by atoms with Crippen LogP contribution in [0.1, 0.15) is 5.56 Å². The average Bonchev–Trinajstić information content (AvgIpc) is 2.80. The molecule has 0 aliphatic carbocycles. The monoisotopic (exact) mass is 276 g/mol. The third kappa shape index (κ3) is 3.19. The van der Waals surface area contributed by atoms with E-state index in [-0.39, 0.29) is 5.96 Å². The number of rotatable bonds is 4. The Morgan fingerprint density at radius 3 is 2.80 bits per heavy atom. The minimum atomic E-state index is 0.0619. The van der Waals surface area contributed by atoms with Gasteiger partial charge < -0.3 is 21.2 Å². The van der Waals surface area contributed by atoms with Crippen molar-refractivity contribution in [1.82, 2.24) is 4.98 Å². The van der Waals surface area contributed by atoms with Crippen LogP contribution in [-0.4, -0.2) is 30.6 Å². The van der Waals surface area contributed by atoms with E-state index in [9.17, 15) is 0 Å². The Labute approximate surface area is 116 Å². The minimum Gasteiger partial charge on any atom is -0.497 e. The third-order valence-corrected chi connectivity index (χ3v) is 2.96. The number of fused-ring (bicyclic) bond motifs is 1. The van der Waals surface area contributed by atoms with E-state index in [4.69, 9.17) is 21.9 Å². The van der Waals surface area contributed by atoms with Gasteiger partial charge >= 0.3 is 5.96 Å². The number of hydrogen-bond acceptors (Lipinski definition) is 1. The number of nitrogens with two attached hydrogens (primary N) is 3. The van der Waals surface area contributed by atoms with Gasteiger partial charge in [-0.1, -0.05) is 0 Å². The summed E-state index contributed by atoms with van der Waals surface area (Å²) >= 11 is 0. The first-order valence-corrected chi connectivity index (χ1v) is 6.25. The number of hydrogen-bond donors (Lipinski definition) is 6. The molecule has 7 heteroatoms. The maximum Gasteiger partial charge on any atom is 0.517 e. The molecule has 0 saturated carbocycles. The fraction of sp³-hybridized carbons (Fsp3) is 0.231. The topological polar surface area (TPSA) is 131 Å². The molecule has 9 N–H and O–H groups in total. The predicted octanol–water partition coefficient (Wildman–Crippen LogP) is -3.53. The van der Waals surface area contributed by atoms with E-state index in [2.05, 4.69) is 15.0 Å². The van der Waals surface area contributed by atoms with Crippen LogP contribution in [0.3, 0.4) is 0 Å². The van der Waals surface area contributed by atoms with Crippen LogP contribution in [0.2, 0.25) is 0 Å². The highest BCUT2D eigenvalue weighted by atomic mass is 16.5. The number of aromatic amines is 1. The first-order valence-electron chi connectivity index (χ1n) is 6.25. The van der Waals surface area contributed by atoms with Gasteiger partial charge in [-0.3, -0.25) is 0 Å². The molecular formula is C13H20N6O+2. The van der Waals surface area contributed by atoms with E-state index in [1.165, 1.54) is 5.56 Å². The molecule has 0 atom stereocenters. The van der Waals surface area contributed by atoms with Crippen molar-refractivity contribution in [3.05, 3.63) is 30.0 Å². The molecule has 0 aliphatic heterocycles. The van der Waals surface area contributed by atoms with Gasteiger partial charge in [0, 0.05) is 23.5 Å². The number of aromatic nitrogens is 1. The fourth-order valence-corrected chi connectivity index (χ4v) is 2.02. The summed E-state index contributed by atoms with van der Waals surface area (Å²) in [6, 6.07) is 5.94. The van der Waals surface area contributed by atoms with Gasteiger partial charge in [0.2, 0.25) is 0 Å². The Kier molecular flexibility index (Phi) is 4.09. The highest BCUT2D eigenvalue weighted by Crippen LogP contribution is 2.23. The lowest BCUT2D eigenvalue weighted by Crippen LogP contribution is -2.98. The second-order valence-corrected chi connectivity index (χ2v) is 4.40. The van der Waals surface area contributed by atoms with Crippen molar-refractivity contribution < 1.29 is 14.7 Å². The standard InChI is InChI=1S/C13H18N6O/c1-20-9-2-3-11-10(6-9)8(7-18-11)4-5-17-13(16)19-12(14)15/h2-3,6-7,18H,4-5H2,1H3,(H6,14,15,16,17,19)/p+2. The van der Waals surface area contributed by atoms with E-state index in [1.54, 1.807) is 7.11 Å². The molecule has 106 valence electrons. The van der Waals surface area contributed by atoms with Gasteiger partial charge in [0.15, 0.2) is 0 Å². The van der Waals surface area contributed by atoms with Crippen LogP contribution in [0.25, 0.3) is 10.9 Å². The zero-order chi connectivity index (χ0) is 14.5. The SMILES string of the molecule is COc1ccc2[nH]cc(CC[NH+]=C(N)[NH+]=C(N)N)c2c1. The quantitative estimate of drug-likeness (QED) is 0.255. The summed E-state index contributed by atoms with van der Waals surface area (Å²) in [7, 11) is 1.66. The van der Waals surface area contributed by atoms with Crippen molar-refractivity contribution in [2.24, 2.45) is 17.2 Å². The highest BCUT2D eigenvalue weighted by Gasteiger charge is 2.07. The molecular weight excluding hydrogens is 256 g/mol. The van der Waals surface area contributed by atoms with Crippen LogP contribution in [-0.2, 0) is 6.42 Å². The molecule has 0 unspecified atom stereocenters. The van der Waals surface area contributed by atoms with Crippen molar-refractivity contribution in [1.29, 1.82) is 0 Å². The van der Waals surface area contributed by atoms with Gasteiger partial charge in [-0.15, -0.1) is 4.99 Å². The van der Waals surface area contributed by atoms with Crippen molar-refractivity contribution in [3.8, 4) is 5.75 Å². The summed E-state index contributed by atoms with van der Waals surface area (Å²) in [5, 5.41) is 1.14. The Hall–Kier alpha value is -2.70. The van der Waals surface area contributed by atoms with Crippen LogP contribution in [0, 0.1) is 0 Å². The predicted molar refractivity (Wildman–Crippen MR) is 77.9 cm³/mol. The average molecular weight is 276 g/mol.